The zero-order valence-corrected chi connectivity index (χ0v) is 14.1. The fourth-order valence-corrected chi connectivity index (χ4v) is 2.54. The summed E-state index contributed by atoms with van der Waals surface area (Å²) in [7, 11) is 0. The van der Waals surface area contributed by atoms with E-state index < -0.39 is 0 Å². The van der Waals surface area contributed by atoms with Crippen LogP contribution in [-0.4, -0.2) is 5.91 Å². The van der Waals surface area contributed by atoms with Crippen LogP contribution >= 0.6 is 22.6 Å². The van der Waals surface area contributed by atoms with Crippen molar-refractivity contribution in [2.45, 2.75) is 26.8 Å². The Balaban J connectivity index is 2.15. The molecule has 1 amide bonds. The normalized spacial score (nSPS) is 12.0. The summed E-state index contributed by atoms with van der Waals surface area (Å²) < 4.78 is 1.13. The Morgan fingerprint density at radius 3 is 2.40 bits per heavy atom. The molecule has 0 fully saturated rings. The number of aryl methyl sites for hydroxylation is 2. The van der Waals surface area contributed by atoms with E-state index >= 15 is 0 Å². The Morgan fingerprint density at radius 1 is 1.10 bits per heavy atom. The SMILES string of the molecule is Cc1ccc(C)c([C@H](C)NC(=O)c2ccc(I)cc2)c1. The van der Waals surface area contributed by atoms with Gasteiger partial charge in [-0.15, -0.1) is 0 Å². The van der Waals surface area contributed by atoms with Gasteiger partial charge >= 0.3 is 0 Å². The molecule has 2 aromatic carbocycles. The van der Waals surface area contributed by atoms with Gasteiger partial charge in [0.25, 0.3) is 5.91 Å². The van der Waals surface area contributed by atoms with E-state index in [9.17, 15) is 4.79 Å². The molecular weight excluding hydrogens is 361 g/mol. The van der Waals surface area contributed by atoms with Gasteiger partial charge < -0.3 is 5.32 Å². The van der Waals surface area contributed by atoms with Crippen LogP contribution in [0.1, 0.15) is 40.0 Å². The van der Waals surface area contributed by atoms with E-state index in [1.165, 1.54) is 16.7 Å². The molecule has 1 N–H and O–H groups in total. The molecular formula is C17H18INO. The molecule has 0 radical (unpaired) electrons. The monoisotopic (exact) mass is 379 g/mol. The molecule has 0 saturated heterocycles. The quantitative estimate of drug-likeness (QED) is 0.787. The number of hydrogen-bond acceptors (Lipinski definition) is 1. The second-order valence-corrected chi connectivity index (χ2v) is 6.31. The zero-order chi connectivity index (χ0) is 14.7. The molecule has 2 nitrogen and oxygen atoms in total. The van der Waals surface area contributed by atoms with Crippen molar-refractivity contribution in [1.82, 2.24) is 5.32 Å². The molecule has 0 saturated carbocycles. The molecule has 0 aromatic heterocycles. The van der Waals surface area contributed by atoms with Crippen LogP contribution in [0.5, 0.6) is 0 Å². The first-order chi connectivity index (χ1) is 9.47. The summed E-state index contributed by atoms with van der Waals surface area (Å²) in [5, 5.41) is 3.06. The van der Waals surface area contributed by atoms with Crippen LogP contribution in [0.2, 0.25) is 0 Å². The van der Waals surface area contributed by atoms with Crippen LogP contribution in [0, 0.1) is 17.4 Å². The van der Waals surface area contributed by atoms with Gasteiger partial charge in [0.05, 0.1) is 6.04 Å². The highest BCUT2D eigenvalue weighted by Gasteiger charge is 2.13. The smallest absolute Gasteiger partial charge is 0.251 e. The Bertz CT molecular complexity index is 619. The van der Waals surface area contributed by atoms with Gasteiger partial charge in [0.15, 0.2) is 0 Å². The van der Waals surface area contributed by atoms with E-state index in [0.717, 1.165) is 3.57 Å². The van der Waals surface area contributed by atoms with Crippen LogP contribution in [0.3, 0.4) is 0 Å². The predicted molar refractivity (Wildman–Crippen MR) is 91.0 cm³/mol. The first-order valence-electron chi connectivity index (χ1n) is 6.61. The van der Waals surface area contributed by atoms with Gasteiger partial charge in [0, 0.05) is 9.13 Å². The summed E-state index contributed by atoms with van der Waals surface area (Å²) in [5.41, 5.74) is 4.28. The Kier molecular flexibility index (Phi) is 4.81. The predicted octanol–water partition coefficient (Wildman–Crippen LogP) is 4.40. The number of benzene rings is 2. The van der Waals surface area contributed by atoms with E-state index in [1.807, 2.05) is 31.2 Å². The van der Waals surface area contributed by atoms with Gasteiger partial charge in [-0.3, -0.25) is 4.79 Å². The van der Waals surface area contributed by atoms with Crippen molar-refractivity contribution < 1.29 is 4.79 Å². The van der Waals surface area contributed by atoms with Crippen LogP contribution in [0.25, 0.3) is 0 Å². The first-order valence-corrected chi connectivity index (χ1v) is 7.69. The van der Waals surface area contributed by atoms with Crippen LogP contribution in [0.4, 0.5) is 0 Å². The first kappa shape index (κ1) is 15.0. The van der Waals surface area contributed by atoms with Crippen molar-refractivity contribution in [3.63, 3.8) is 0 Å². The summed E-state index contributed by atoms with van der Waals surface area (Å²) in [5.74, 6) is -0.0326. The molecule has 0 aliphatic heterocycles. The third-order valence-corrected chi connectivity index (χ3v) is 4.07. The Morgan fingerprint density at radius 2 is 1.75 bits per heavy atom. The number of nitrogens with one attached hydrogen (secondary N) is 1. The lowest BCUT2D eigenvalue weighted by Gasteiger charge is -2.17. The molecule has 0 heterocycles. The third kappa shape index (κ3) is 3.60. The van der Waals surface area contributed by atoms with Crippen molar-refractivity contribution in [2.24, 2.45) is 0 Å². The van der Waals surface area contributed by atoms with E-state index in [4.69, 9.17) is 0 Å². The van der Waals surface area contributed by atoms with Gasteiger partial charge in [0.2, 0.25) is 0 Å². The van der Waals surface area contributed by atoms with Gasteiger partial charge in [0.1, 0.15) is 0 Å². The molecule has 0 bridgehead atoms. The average Bonchev–Trinajstić information content (AvgIpc) is 2.42. The average molecular weight is 379 g/mol. The molecule has 20 heavy (non-hydrogen) atoms. The topological polar surface area (TPSA) is 29.1 Å². The maximum atomic E-state index is 12.2. The lowest BCUT2D eigenvalue weighted by atomic mass is 10.00. The van der Waals surface area contributed by atoms with E-state index in [0.29, 0.717) is 5.56 Å². The number of carbonyl (C=O) groups is 1. The number of rotatable bonds is 3. The molecule has 104 valence electrons. The van der Waals surface area contributed by atoms with Gasteiger partial charge in [-0.2, -0.15) is 0 Å². The van der Waals surface area contributed by atoms with E-state index in [1.54, 1.807) is 0 Å². The fourth-order valence-electron chi connectivity index (χ4n) is 2.19. The highest BCUT2D eigenvalue weighted by Crippen LogP contribution is 2.19. The summed E-state index contributed by atoms with van der Waals surface area (Å²) in [4.78, 5) is 12.2. The van der Waals surface area contributed by atoms with Crippen LogP contribution in [-0.2, 0) is 0 Å². The van der Waals surface area contributed by atoms with Crippen molar-refractivity contribution in [2.75, 3.05) is 0 Å². The minimum atomic E-state index is -0.0326. The minimum absolute atomic E-state index is 0.00155. The molecule has 2 rings (SSSR count). The number of hydrogen-bond donors (Lipinski definition) is 1. The number of carbonyl (C=O) groups excluding carboxylic acids is 1. The second-order valence-electron chi connectivity index (χ2n) is 5.06. The van der Waals surface area contributed by atoms with Crippen molar-refractivity contribution >= 4 is 28.5 Å². The molecule has 1 atom stereocenters. The molecule has 2 aromatic rings. The largest absolute Gasteiger partial charge is 0.346 e. The standard InChI is InChI=1S/C17H18INO/c1-11-4-5-12(2)16(10-11)13(3)19-17(20)14-6-8-15(18)9-7-14/h4-10,13H,1-3H3,(H,19,20)/t13-/m0/s1. The maximum Gasteiger partial charge on any atom is 0.251 e. The molecule has 0 aliphatic rings. The molecule has 0 unspecified atom stereocenters. The van der Waals surface area contributed by atoms with Crippen molar-refractivity contribution in [1.29, 1.82) is 0 Å². The van der Waals surface area contributed by atoms with Gasteiger partial charge in [-0.1, -0.05) is 23.8 Å². The number of amides is 1. The minimum Gasteiger partial charge on any atom is -0.346 e. The highest BCUT2D eigenvalue weighted by molar-refractivity contribution is 14.1. The molecule has 3 heteroatoms. The molecule has 0 spiro atoms. The van der Waals surface area contributed by atoms with Gasteiger partial charge in [-0.25, -0.2) is 0 Å². The maximum absolute atomic E-state index is 12.2. The van der Waals surface area contributed by atoms with Crippen LogP contribution in [0.15, 0.2) is 42.5 Å². The lowest BCUT2D eigenvalue weighted by Crippen LogP contribution is -2.27. The Labute approximate surface area is 133 Å². The van der Waals surface area contributed by atoms with E-state index in [-0.39, 0.29) is 11.9 Å². The lowest BCUT2D eigenvalue weighted by molar-refractivity contribution is 0.0940. The van der Waals surface area contributed by atoms with Crippen molar-refractivity contribution in [3.8, 4) is 0 Å². The van der Waals surface area contributed by atoms with E-state index in [2.05, 4.69) is 60.0 Å². The van der Waals surface area contributed by atoms with Crippen molar-refractivity contribution in [3.05, 3.63) is 68.3 Å². The fraction of sp³-hybridized carbons (Fsp3) is 0.235. The zero-order valence-electron chi connectivity index (χ0n) is 11.9. The van der Waals surface area contributed by atoms with Crippen LogP contribution < -0.4 is 5.32 Å². The summed E-state index contributed by atoms with van der Waals surface area (Å²) >= 11 is 2.23. The number of halogens is 1. The van der Waals surface area contributed by atoms with Gasteiger partial charge in [-0.05, 0) is 78.8 Å². The summed E-state index contributed by atoms with van der Waals surface area (Å²) in [6, 6.07) is 13.9. The Hall–Kier alpha value is -1.36. The third-order valence-electron chi connectivity index (χ3n) is 3.36. The second kappa shape index (κ2) is 6.39. The molecule has 0 aliphatic carbocycles. The summed E-state index contributed by atoms with van der Waals surface area (Å²) in [6.07, 6.45) is 0. The summed E-state index contributed by atoms with van der Waals surface area (Å²) in [6.45, 7) is 6.16. The highest BCUT2D eigenvalue weighted by atomic mass is 127.